The highest BCUT2D eigenvalue weighted by molar-refractivity contribution is 7.13. The molecule has 1 aliphatic rings. The van der Waals surface area contributed by atoms with Gasteiger partial charge < -0.3 is 20.1 Å². The summed E-state index contributed by atoms with van der Waals surface area (Å²) in [7, 11) is 0. The van der Waals surface area contributed by atoms with Crippen molar-refractivity contribution in [2.75, 3.05) is 19.9 Å². The SMILES string of the molecule is CC(=O)NCCCNCc1csc(-c2ccc3c(c2)OCO3)n1. The minimum atomic E-state index is 0.0119. The summed E-state index contributed by atoms with van der Waals surface area (Å²) in [6.45, 7) is 4.07. The molecule has 2 aromatic rings. The molecule has 0 bridgehead atoms. The summed E-state index contributed by atoms with van der Waals surface area (Å²) in [6, 6.07) is 5.88. The van der Waals surface area contributed by atoms with Crippen LogP contribution in [-0.4, -0.2) is 30.8 Å². The zero-order valence-corrected chi connectivity index (χ0v) is 13.7. The Labute approximate surface area is 138 Å². The Morgan fingerprint density at radius 1 is 1.30 bits per heavy atom. The molecule has 1 aromatic heterocycles. The highest BCUT2D eigenvalue weighted by Crippen LogP contribution is 2.36. The fourth-order valence-corrected chi connectivity index (χ4v) is 3.06. The van der Waals surface area contributed by atoms with Crippen molar-refractivity contribution in [3.05, 3.63) is 29.3 Å². The van der Waals surface area contributed by atoms with Crippen LogP contribution in [0.15, 0.2) is 23.6 Å². The van der Waals surface area contributed by atoms with E-state index in [0.717, 1.165) is 47.3 Å². The number of nitrogens with zero attached hydrogens (tertiary/aromatic N) is 1. The van der Waals surface area contributed by atoms with Crippen molar-refractivity contribution in [1.82, 2.24) is 15.6 Å². The van der Waals surface area contributed by atoms with Crippen molar-refractivity contribution in [3.63, 3.8) is 0 Å². The van der Waals surface area contributed by atoms with Crippen LogP contribution in [0.1, 0.15) is 19.0 Å². The maximum Gasteiger partial charge on any atom is 0.231 e. The molecule has 3 rings (SSSR count). The van der Waals surface area contributed by atoms with E-state index in [1.807, 2.05) is 18.2 Å². The molecule has 1 amide bonds. The molecule has 2 N–H and O–H groups in total. The van der Waals surface area contributed by atoms with Crippen molar-refractivity contribution in [3.8, 4) is 22.1 Å². The van der Waals surface area contributed by atoms with Crippen molar-refractivity contribution in [2.24, 2.45) is 0 Å². The average Bonchev–Trinajstić information content (AvgIpc) is 3.18. The molecule has 0 radical (unpaired) electrons. The van der Waals surface area contributed by atoms with Gasteiger partial charge in [-0.1, -0.05) is 0 Å². The monoisotopic (exact) mass is 333 g/mol. The highest BCUT2D eigenvalue weighted by Gasteiger charge is 2.15. The molecule has 0 saturated heterocycles. The van der Waals surface area contributed by atoms with Gasteiger partial charge >= 0.3 is 0 Å². The minimum absolute atomic E-state index is 0.0119. The molecule has 0 atom stereocenters. The molecule has 2 heterocycles. The van der Waals surface area contributed by atoms with E-state index in [-0.39, 0.29) is 12.7 Å². The van der Waals surface area contributed by atoms with Gasteiger partial charge in [-0.05, 0) is 31.2 Å². The Kier molecular flexibility index (Phi) is 5.09. The Morgan fingerprint density at radius 3 is 3.04 bits per heavy atom. The number of hydrogen-bond donors (Lipinski definition) is 2. The minimum Gasteiger partial charge on any atom is -0.454 e. The maximum absolute atomic E-state index is 10.7. The summed E-state index contributed by atoms with van der Waals surface area (Å²) < 4.78 is 10.7. The number of fused-ring (bicyclic) bond motifs is 1. The first kappa shape index (κ1) is 15.8. The number of nitrogens with one attached hydrogen (secondary N) is 2. The molecule has 0 aliphatic carbocycles. The van der Waals surface area contributed by atoms with E-state index in [1.165, 1.54) is 6.92 Å². The molecule has 0 fully saturated rings. The Bertz CT molecular complexity index is 687. The number of amides is 1. The number of ether oxygens (including phenoxy) is 2. The number of aromatic nitrogens is 1. The first-order valence-corrected chi connectivity index (χ1v) is 8.40. The van der Waals surface area contributed by atoms with E-state index in [4.69, 9.17) is 9.47 Å². The van der Waals surface area contributed by atoms with Gasteiger partial charge in [0.05, 0.1) is 5.69 Å². The third kappa shape index (κ3) is 4.20. The van der Waals surface area contributed by atoms with E-state index in [9.17, 15) is 4.79 Å². The van der Waals surface area contributed by atoms with E-state index < -0.39 is 0 Å². The van der Waals surface area contributed by atoms with Crippen LogP contribution in [0.5, 0.6) is 11.5 Å². The van der Waals surface area contributed by atoms with Crippen LogP contribution in [0.3, 0.4) is 0 Å². The summed E-state index contributed by atoms with van der Waals surface area (Å²) in [5.74, 6) is 1.57. The maximum atomic E-state index is 10.7. The van der Waals surface area contributed by atoms with E-state index >= 15 is 0 Å². The number of rotatable bonds is 7. The van der Waals surface area contributed by atoms with Crippen molar-refractivity contribution in [2.45, 2.75) is 19.9 Å². The Balaban J connectivity index is 1.49. The van der Waals surface area contributed by atoms with Crippen molar-refractivity contribution < 1.29 is 14.3 Å². The quantitative estimate of drug-likeness (QED) is 0.760. The zero-order valence-electron chi connectivity index (χ0n) is 12.9. The van der Waals surface area contributed by atoms with Crippen LogP contribution in [0.4, 0.5) is 0 Å². The second-order valence-electron chi connectivity index (χ2n) is 5.23. The second kappa shape index (κ2) is 7.43. The lowest BCUT2D eigenvalue weighted by Crippen LogP contribution is -2.25. The highest BCUT2D eigenvalue weighted by atomic mass is 32.1. The standard InChI is InChI=1S/C16H19N3O3S/c1-11(20)18-6-2-5-17-8-13-9-23-16(19-13)12-3-4-14-15(7-12)22-10-21-14/h3-4,7,9,17H,2,5-6,8,10H2,1H3,(H,18,20). The summed E-state index contributed by atoms with van der Waals surface area (Å²) in [5.41, 5.74) is 2.05. The third-order valence-electron chi connectivity index (χ3n) is 3.38. The predicted octanol–water partition coefficient (Wildman–Crippen LogP) is 2.15. The molecular formula is C16H19N3O3S. The molecule has 6 nitrogen and oxygen atoms in total. The number of carbonyl (C=O) groups is 1. The lowest BCUT2D eigenvalue weighted by molar-refractivity contribution is -0.118. The van der Waals surface area contributed by atoms with Gasteiger partial charge in [-0.3, -0.25) is 4.79 Å². The first-order chi connectivity index (χ1) is 11.2. The molecule has 0 unspecified atom stereocenters. The van der Waals surface area contributed by atoms with Crippen LogP contribution in [-0.2, 0) is 11.3 Å². The number of thiazole rings is 1. The van der Waals surface area contributed by atoms with Gasteiger partial charge in [-0.15, -0.1) is 11.3 Å². The van der Waals surface area contributed by atoms with Crippen LogP contribution >= 0.6 is 11.3 Å². The Morgan fingerprint density at radius 2 is 2.17 bits per heavy atom. The van der Waals surface area contributed by atoms with E-state index in [2.05, 4.69) is 21.0 Å². The first-order valence-electron chi connectivity index (χ1n) is 7.52. The summed E-state index contributed by atoms with van der Waals surface area (Å²) >= 11 is 1.62. The van der Waals surface area contributed by atoms with E-state index in [0.29, 0.717) is 6.54 Å². The largest absolute Gasteiger partial charge is 0.454 e. The summed E-state index contributed by atoms with van der Waals surface area (Å²) in [5, 5.41) is 9.13. The summed E-state index contributed by atoms with van der Waals surface area (Å²) in [4.78, 5) is 15.4. The Hall–Kier alpha value is -2.12. The smallest absolute Gasteiger partial charge is 0.231 e. The average molecular weight is 333 g/mol. The molecule has 122 valence electrons. The molecule has 1 aromatic carbocycles. The molecule has 23 heavy (non-hydrogen) atoms. The lowest BCUT2D eigenvalue weighted by atomic mass is 10.2. The number of carbonyl (C=O) groups excluding carboxylic acids is 1. The summed E-state index contributed by atoms with van der Waals surface area (Å²) in [6.07, 6.45) is 0.902. The van der Waals surface area contributed by atoms with Gasteiger partial charge in [0.2, 0.25) is 12.7 Å². The van der Waals surface area contributed by atoms with Gasteiger partial charge in [0.25, 0.3) is 0 Å². The van der Waals surface area contributed by atoms with Gasteiger partial charge in [0, 0.05) is 31.0 Å². The molecule has 0 saturated carbocycles. The van der Waals surface area contributed by atoms with Crippen molar-refractivity contribution in [1.29, 1.82) is 0 Å². The fraction of sp³-hybridized carbons (Fsp3) is 0.375. The van der Waals surface area contributed by atoms with Crippen molar-refractivity contribution >= 4 is 17.2 Å². The normalized spacial score (nSPS) is 12.4. The second-order valence-corrected chi connectivity index (χ2v) is 6.08. The molecule has 7 heteroatoms. The van der Waals surface area contributed by atoms with Crippen LogP contribution in [0, 0.1) is 0 Å². The number of hydrogen-bond acceptors (Lipinski definition) is 6. The topological polar surface area (TPSA) is 72.5 Å². The zero-order chi connectivity index (χ0) is 16.1. The van der Waals surface area contributed by atoms with Crippen LogP contribution in [0.2, 0.25) is 0 Å². The number of benzene rings is 1. The predicted molar refractivity (Wildman–Crippen MR) is 88.7 cm³/mol. The van der Waals surface area contributed by atoms with Gasteiger partial charge in [-0.25, -0.2) is 4.98 Å². The third-order valence-corrected chi connectivity index (χ3v) is 4.32. The van der Waals surface area contributed by atoms with Crippen LogP contribution in [0.25, 0.3) is 10.6 Å². The molecule has 0 spiro atoms. The van der Waals surface area contributed by atoms with Crippen LogP contribution < -0.4 is 20.1 Å². The molecule has 1 aliphatic heterocycles. The van der Waals surface area contributed by atoms with Gasteiger partial charge in [0.1, 0.15) is 5.01 Å². The van der Waals surface area contributed by atoms with E-state index in [1.54, 1.807) is 11.3 Å². The lowest BCUT2D eigenvalue weighted by Gasteiger charge is -2.03. The van der Waals surface area contributed by atoms with Gasteiger partial charge in [-0.2, -0.15) is 0 Å². The molecular weight excluding hydrogens is 314 g/mol. The van der Waals surface area contributed by atoms with Gasteiger partial charge in [0.15, 0.2) is 11.5 Å². The fourth-order valence-electron chi connectivity index (χ4n) is 2.24.